The highest BCUT2D eigenvalue weighted by molar-refractivity contribution is 7.91. The fraction of sp³-hybridized carbons (Fsp3) is 0.312. The number of fused-ring (bicyclic) bond motifs is 1. The standard InChI is InChI=1S/C16H17NO3S/c18-16(10-12-8-9-21(19,20)11-12)17-15-7-3-5-13-4-1-2-6-14(13)15/h1-7,12H,8-11H2,(H,17,18)/t12-/m0/s1. The average Bonchev–Trinajstić information content (AvgIpc) is 2.78. The van der Waals surface area contributed by atoms with E-state index in [4.69, 9.17) is 0 Å². The third-order valence-electron chi connectivity index (χ3n) is 3.86. The summed E-state index contributed by atoms with van der Waals surface area (Å²) in [5.41, 5.74) is 0.777. The third-order valence-corrected chi connectivity index (χ3v) is 5.70. The van der Waals surface area contributed by atoms with Gasteiger partial charge in [-0.3, -0.25) is 4.79 Å². The van der Waals surface area contributed by atoms with E-state index < -0.39 is 9.84 Å². The number of amides is 1. The lowest BCUT2D eigenvalue weighted by atomic mass is 10.0. The molecule has 1 aliphatic heterocycles. The number of nitrogens with one attached hydrogen (secondary N) is 1. The molecule has 1 aliphatic rings. The Morgan fingerprint density at radius 2 is 1.90 bits per heavy atom. The second kappa shape index (κ2) is 5.48. The van der Waals surface area contributed by atoms with Crippen molar-refractivity contribution in [2.75, 3.05) is 16.8 Å². The van der Waals surface area contributed by atoms with Crippen molar-refractivity contribution >= 4 is 32.2 Å². The van der Waals surface area contributed by atoms with Crippen LogP contribution >= 0.6 is 0 Å². The summed E-state index contributed by atoms with van der Waals surface area (Å²) in [6.07, 6.45) is 0.855. The maximum Gasteiger partial charge on any atom is 0.224 e. The maximum absolute atomic E-state index is 12.1. The molecule has 0 radical (unpaired) electrons. The van der Waals surface area contributed by atoms with E-state index in [0.717, 1.165) is 16.5 Å². The molecule has 0 unspecified atom stereocenters. The topological polar surface area (TPSA) is 63.2 Å². The van der Waals surface area contributed by atoms with E-state index in [1.165, 1.54) is 0 Å². The van der Waals surface area contributed by atoms with Gasteiger partial charge in [-0.05, 0) is 23.8 Å². The fourth-order valence-corrected chi connectivity index (χ4v) is 4.69. The van der Waals surface area contributed by atoms with Crippen LogP contribution < -0.4 is 5.32 Å². The number of hydrogen-bond donors (Lipinski definition) is 1. The molecule has 0 aromatic heterocycles. The molecule has 2 aromatic carbocycles. The van der Waals surface area contributed by atoms with Crippen LogP contribution in [0.3, 0.4) is 0 Å². The Morgan fingerprint density at radius 3 is 2.67 bits per heavy atom. The van der Waals surface area contributed by atoms with Crippen LogP contribution in [0.2, 0.25) is 0 Å². The van der Waals surface area contributed by atoms with Gasteiger partial charge in [-0.25, -0.2) is 8.42 Å². The molecule has 1 N–H and O–H groups in total. The fourth-order valence-electron chi connectivity index (χ4n) is 2.83. The molecule has 1 atom stereocenters. The average molecular weight is 303 g/mol. The van der Waals surface area contributed by atoms with Crippen molar-refractivity contribution in [3.05, 3.63) is 42.5 Å². The lowest BCUT2D eigenvalue weighted by molar-refractivity contribution is -0.116. The van der Waals surface area contributed by atoms with Crippen molar-refractivity contribution in [1.82, 2.24) is 0 Å². The molecule has 1 fully saturated rings. The van der Waals surface area contributed by atoms with Crippen LogP contribution in [0.5, 0.6) is 0 Å². The highest BCUT2D eigenvalue weighted by Gasteiger charge is 2.29. The Kier molecular flexibility index (Phi) is 3.68. The largest absolute Gasteiger partial charge is 0.326 e. The van der Waals surface area contributed by atoms with Crippen LogP contribution in [0.15, 0.2) is 42.5 Å². The van der Waals surface area contributed by atoms with Crippen LogP contribution in [0.1, 0.15) is 12.8 Å². The van der Waals surface area contributed by atoms with E-state index in [0.29, 0.717) is 6.42 Å². The molecular formula is C16H17NO3S. The van der Waals surface area contributed by atoms with Gasteiger partial charge in [0.15, 0.2) is 9.84 Å². The van der Waals surface area contributed by atoms with Crippen LogP contribution in [0, 0.1) is 5.92 Å². The second-order valence-electron chi connectivity index (χ2n) is 5.55. The predicted octanol–water partition coefficient (Wildman–Crippen LogP) is 2.60. The van der Waals surface area contributed by atoms with E-state index >= 15 is 0 Å². The van der Waals surface area contributed by atoms with Crippen molar-refractivity contribution < 1.29 is 13.2 Å². The molecule has 1 amide bonds. The van der Waals surface area contributed by atoms with Crippen LogP contribution in [0.4, 0.5) is 5.69 Å². The molecular weight excluding hydrogens is 286 g/mol. The molecule has 110 valence electrons. The SMILES string of the molecule is O=C(C[C@@H]1CCS(=O)(=O)C1)Nc1cccc2ccccc12. The number of hydrogen-bond acceptors (Lipinski definition) is 3. The normalized spacial score (nSPS) is 20.5. The van der Waals surface area contributed by atoms with Gasteiger partial charge in [0.05, 0.1) is 11.5 Å². The number of carbonyl (C=O) groups excluding carboxylic acids is 1. The quantitative estimate of drug-likeness (QED) is 0.948. The van der Waals surface area contributed by atoms with Crippen LogP contribution in [-0.4, -0.2) is 25.8 Å². The molecule has 5 heteroatoms. The Balaban J connectivity index is 1.72. The molecule has 1 heterocycles. The number of carbonyl (C=O) groups is 1. The zero-order chi connectivity index (χ0) is 14.9. The summed E-state index contributed by atoms with van der Waals surface area (Å²) in [6.45, 7) is 0. The van der Waals surface area contributed by atoms with Gasteiger partial charge >= 0.3 is 0 Å². The molecule has 21 heavy (non-hydrogen) atoms. The molecule has 0 aliphatic carbocycles. The summed E-state index contributed by atoms with van der Waals surface area (Å²) in [6, 6.07) is 13.6. The molecule has 3 rings (SSSR count). The minimum absolute atomic E-state index is 0.0509. The first-order chi connectivity index (χ1) is 10.0. The van der Waals surface area contributed by atoms with E-state index in [2.05, 4.69) is 5.32 Å². The van der Waals surface area contributed by atoms with Crippen molar-refractivity contribution in [2.45, 2.75) is 12.8 Å². The van der Waals surface area contributed by atoms with E-state index in [9.17, 15) is 13.2 Å². The van der Waals surface area contributed by atoms with E-state index in [-0.39, 0.29) is 29.8 Å². The monoisotopic (exact) mass is 303 g/mol. The zero-order valence-electron chi connectivity index (χ0n) is 11.6. The Labute approximate surface area is 124 Å². The summed E-state index contributed by atoms with van der Waals surface area (Å²) >= 11 is 0. The Bertz CT molecular complexity index is 778. The van der Waals surface area contributed by atoms with Crippen molar-refractivity contribution in [3.8, 4) is 0 Å². The van der Waals surface area contributed by atoms with Crippen molar-refractivity contribution in [3.63, 3.8) is 0 Å². The Morgan fingerprint density at radius 1 is 1.14 bits per heavy atom. The summed E-state index contributed by atoms with van der Waals surface area (Å²) in [5.74, 6) is 0.174. The first-order valence-electron chi connectivity index (χ1n) is 7.01. The van der Waals surface area contributed by atoms with Crippen LogP contribution in [-0.2, 0) is 14.6 Å². The lowest BCUT2D eigenvalue weighted by Gasteiger charge is -2.11. The summed E-state index contributed by atoms with van der Waals surface area (Å²) in [4.78, 5) is 12.1. The number of benzene rings is 2. The van der Waals surface area contributed by atoms with E-state index in [1.54, 1.807) is 0 Å². The van der Waals surface area contributed by atoms with Crippen molar-refractivity contribution in [1.29, 1.82) is 0 Å². The van der Waals surface area contributed by atoms with Gasteiger partial charge in [-0.1, -0.05) is 36.4 Å². The van der Waals surface area contributed by atoms with Crippen LogP contribution in [0.25, 0.3) is 10.8 Å². The van der Waals surface area contributed by atoms with Gasteiger partial charge in [-0.2, -0.15) is 0 Å². The molecule has 4 nitrogen and oxygen atoms in total. The number of anilines is 1. The highest BCUT2D eigenvalue weighted by Crippen LogP contribution is 2.25. The summed E-state index contributed by atoms with van der Waals surface area (Å²) in [5, 5.41) is 4.97. The number of sulfone groups is 1. The van der Waals surface area contributed by atoms with E-state index in [1.807, 2.05) is 42.5 Å². The van der Waals surface area contributed by atoms with Gasteiger partial charge in [-0.15, -0.1) is 0 Å². The first-order valence-corrected chi connectivity index (χ1v) is 8.84. The van der Waals surface area contributed by atoms with Gasteiger partial charge in [0.1, 0.15) is 0 Å². The van der Waals surface area contributed by atoms with Crippen molar-refractivity contribution in [2.24, 2.45) is 5.92 Å². The smallest absolute Gasteiger partial charge is 0.224 e. The minimum Gasteiger partial charge on any atom is -0.326 e. The molecule has 1 saturated heterocycles. The van der Waals surface area contributed by atoms with Gasteiger partial charge in [0.2, 0.25) is 5.91 Å². The Hall–Kier alpha value is -1.88. The summed E-state index contributed by atoms with van der Waals surface area (Å²) in [7, 11) is -2.93. The second-order valence-corrected chi connectivity index (χ2v) is 7.78. The summed E-state index contributed by atoms with van der Waals surface area (Å²) < 4.78 is 22.8. The highest BCUT2D eigenvalue weighted by atomic mass is 32.2. The first kappa shape index (κ1) is 14.1. The molecule has 0 bridgehead atoms. The zero-order valence-corrected chi connectivity index (χ0v) is 12.4. The maximum atomic E-state index is 12.1. The van der Waals surface area contributed by atoms with Gasteiger partial charge < -0.3 is 5.32 Å². The minimum atomic E-state index is -2.93. The third kappa shape index (κ3) is 3.24. The molecule has 0 spiro atoms. The van der Waals surface area contributed by atoms with Gasteiger partial charge in [0, 0.05) is 17.5 Å². The lowest BCUT2D eigenvalue weighted by Crippen LogP contribution is -2.17. The van der Waals surface area contributed by atoms with Gasteiger partial charge in [0.25, 0.3) is 0 Å². The molecule has 2 aromatic rings. The number of rotatable bonds is 3. The molecule has 0 saturated carbocycles. The predicted molar refractivity (Wildman–Crippen MR) is 84.0 cm³/mol.